The van der Waals surface area contributed by atoms with Gasteiger partial charge in [0.15, 0.2) is 0 Å². The van der Waals surface area contributed by atoms with Crippen molar-refractivity contribution >= 4 is 44.6 Å². The van der Waals surface area contributed by atoms with Crippen LogP contribution in [0.2, 0.25) is 0 Å². The predicted octanol–water partition coefficient (Wildman–Crippen LogP) is -0.123. The smallest absolute Gasteiger partial charge is 1.00 e. The summed E-state index contributed by atoms with van der Waals surface area (Å²) in [5.41, 5.74) is 2.22. The van der Waals surface area contributed by atoms with Crippen molar-refractivity contribution in [3.8, 4) is 17.9 Å². The van der Waals surface area contributed by atoms with E-state index < -0.39 is 11.3 Å². The molecule has 8 rings (SSSR count). The maximum absolute atomic E-state index is 12.2. The number of nitrogens with one attached hydrogen (secondary N) is 1. The van der Waals surface area contributed by atoms with Crippen LogP contribution in [0.25, 0.3) is 22.2 Å². The first-order chi connectivity index (χ1) is 27.7. The number of aromatic amines is 1. The molecule has 1 N–H and O–H groups in total. The first kappa shape index (κ1) is 50.8. The molecule has 0 radical (unpaired) electrons. The molecule has 18 heteroatoms. The van der Waals surface area contributed by atoms with E-state index in [1.54, 1.807) is 0 Å². The number of fused-ring (bicyclic) bond motifs is 2. The van der Waals surface area contributed by atoms with E-state index in [1.165, 1.54) is 43.1 Å². The zero-order chi connectivity index (χ0) is 40.6. The van der Waals surface area contributed by atoms with Gasteiger partial charge < -0.3 is 34.6 Å². The fourth-order valence-electron chi connectivity index (χ4n) is 5.22. The fourth-order valence-corrected chi connectivity index (χ4v) is 5.86. The molecule has 0 saturated heterocycles. The molecule has 4 heterocycles. The average Bonchev–Trinajstić information content (AvgIpc) is 4.18. The van der Waals surface area contributed by atoms with E-state index in [-0.39, 0.29) is 152 Å². The van der Waals surface area contributed by atoms with Crippen LogP contribution in [0.3, 0.4) is 0 Å². The van der Waals surface area contributed by atoms with Gasteiger partial charge in [0.25, 0.3) is 18.0 Å². The molecule has 6 aromatic rings. The van der Waals surface area contributed by atoms with Gasteiger partial charge >= 0.3 is 120 Å². The average molecular weight is 926 g/mol. The summed E-state index contributed by atoms with van der Waals surface area (Å²) in [6, 6.07) is 22.2. The van der Waals surface area contributed by atoms with Crippen molar-refractivity contribution < 1.29 is 142 Å². The summed E-state index contributed by atoms with van der Waals surface area (Å²) >= 11 is 3.38. The summed E-state index contributed by atoms with van der Waals surface area (Å²) in [7, 11) is 0. The molecule has 2 aliphatic carbocycles. The number of nitrogens with zero attached hydrogens (tertiary/aromatic N) is 3. The summed E-state index contributed by atoms with van der Waals surface area (Å²) in [4.78, 5) is 62.1. The number of ether oxygens (including phenoxy) is 3. The summed E-state index contributed by atoms with van der Waals surface area (Å²) in [5, 5.41) is 10.6. The van der Waals surface area contributed by atoms with Crippen molar-refractivity contribution in [3.05, 3.63) is 126 Å². The van der Waals surface area contributed by atoms with Gasteiger partial charge in [0.2, 0.25) is 17.3 Å². The summed E-state index contributed by atoms with van der Waals surface area (Å²) in [6.07, 6.45) is 6.48. The third kappa shape index (κ3) is 16.7. The molecule has 0 spiro atoms. The SMILES string of the molecule is BrCC1CC1.CCc1cc(=O)oc2nc(OCc3ccccc3)[nH]c(=O)c12.CCc1cc(=O)oc2nc(OCc3ccccc3)nc(OCC3CC3)c12.O=CO[O-].[H-].[K+].[K+]. The molecule has 15 nitrogen and oxygen atoms in total. The Labute approximate surface area is 434 Å². The molecule has 0 unspecified atom stereocenters. The van der Waals surface area contributed by atoms with E-state index in [0.717, 1.165) is 22.6 Å². The van der Waals surface area contributed by atoms with Gasteiger partial charge in [0.05, 0.1) is 6.61 Å². The first-order valence-electron chi connectivity index (χ1n) is 18.4. The standard InChI is InChI=1S/C20H20N2O4.C16H14N2O4.C4H7Br.CH2O3.2K.H/c1-2-15-10-16(23)26-19-17(15)18(24-11-14-8-9-14)21-20(22-19)25-12-13-6-4-3-5-7-13;1-2-11-8-12(19)22-15-13(11)14(20)17-16(18-15)21-9-10-6-4-3-5-7-10;5-3-4-1-2-4;2-1-4-3;;;/h3-7,10,14H,2,8-9,11-12H2,1H3;3-8H,2,9H2,1H3,(H,17,18,20);4H,1-3H2;1,3H;;;/q;;;;2*+1;-1/p-1. The number of aromatic nitrogens is 4. The van der Waals surface area contributed by atoms with E-state index in [9.17, 15) is 14.4 Å². The van der Waals surface area contributed by atoms with Crippen molar-refractivity contribution in [2.75, 3.05) is 11.9 Å². The van der Waals surface area contributed by atoms with E-state index in [4.69, 9.17) is 33.1 Å². The third-order valence-corrected chi connectivity index (χ3v) is 9.52. The second-order valence-electron chi connectivity index (χ2n) is 13.0. The number of carbonyl (C=O) groups is 1. The monoisotopic (exact) mass is 924 g/mol. The molecule has 0 aliphatic heterocycles. The van der Waals surface area contributed by atoms with Gasteiger partial charge in [-0.3, -0.25) is 14.6 Å². The Morgan fingerprint density at radius 2 is 1.27 bits per heavy atom. The zero-order valence-electron chi connectivity index (χ0n) is 34.4. The topological polar surface area (TPSA) is 209 Å². The van der Waals surface area contributed by atoms with Gasteiger partial charge in [-0.1, -0.05) is 90.4 Å². The fraction of sp³-hybridized carbons (Fsp3) is 0.341. The molecule has 59 heavy (non-hydrogen) atoms. The third-order valence-electron chi connectivity index (χ3n) is 8.61. The first-order valence-corrected chi connectivity index (χ1v) is 19.5. The Bertz CT molecular complexity index is 2400. The largest absolute Gasteiger partial charge is 1.00 e. The number of hydrogen-bond donors (Lipinski definition) is 1. The van der Waals surface area contributed by atoms with Crippen LogP contribution in [0, 0.1) is 11.8 Å². The van der Waals surface area contributed by atoms with Crippen LogP contribution in [-0.4, -0.2) is 38.3 Å². The van der Waals surface area contributed by atoms with Crippen LogP contribution in [0.5, 0.6) is 17.9 Å². The van der Waals surface area contributed by atoms with Crippen molar-refractivity contribution in [1.82, 2.24) is 19.9 Å². The molecule has 2 aromatic carbocycles. The van der Waals surface area contributed by atoms with Gasteiger partial charge in [-0.2, -0.15) is 15.0 Å². The molecular weight excluding hydrogens is 883 g/mol. The van der Waals surface area contributed by atoms with Gasteiger partial charge in [-0.05, 0) is 72.6 Å². The van der Waals surface area contributed by atoms with E-state index >= 15 is 0 Å². The zero-order valence-corrected chi connectivity index (χ0v) is 41.3. The Kier molecular flexibility index (Phi) is 22.9. The molecular formula is C41H43BrK2N4O11. The Hall–Kier alpha value is -2.60. The molecule has 2 aliphatic rings. The van der Waals surface area contributed by atoms with Gasteiger partial charge in [-0.15, -0.1) is 0 Å². The molecule has 2 fully saturated rings. The van der Waals surface area contributed by atoms with E-state index in [1.807, 2.05) is 74.5 Å². The van der Waals surface area contributed by atoms with Crippen LogP contribution >= 0.6 is 15.9 Å². The minimum Gasteiger partial charge on any atom is -1.00 e. The maximum atomic E-state index is 12.2. The number of H-pyrrole nitrogens is 1. The molecule has 2 saturated carbocycles. The van der Waals surface area contributed by atoms with Crippen molar-refractivity contribution in [2.45, 2.75) is 65.6 Å². The van der Waals surface area contributed by atoms with E-state index in [2.05, 4.69) is 40.8 Å². The van der Waals surface area contributed by atoms with Crippen molar-refractivity contribution in [1.29, 1.82) is 0 Å². The van der Waals surface area contributed by atoms with Crippen LogP contribution in [0.1, 0.15) is 63.2 Å². The summed E-state index contributed by atoms with van der Waals surface area (Å²) in [5.74, 6) is 2.05. The normalized spacial score (nSPS) is 12.4. The number of hydrogen-bond acceptors (Lipinski definition) is 14. The Balaban J connectivity index is 0.000000331. The quantitative estimate of drug-likeness (QED) is 0.0527. The van der Waals surface area contributed by atoms with Crippen LogP contribution in [0.15, 0.2) is 96.0 Å². The molecule has 0 bridgehead atoms. The Morgan fingerprint density at radius 3 is 1.75 bits per heavy atom. The Morgan fingerprint density at radius 1 is 0.763 bits per heavy atom. The number of aryl methyl sites for hydroxylation is 2. The van der Waals surface area contributed by atoms with Gasteiger partial charge in [0.1, 0.15) is 24.0 Å². The number of carbonyl (C=O) groups excluding carboxylic acids is 1. The second kappa shape index (κ2) is 26.7. The van der Waals surface area contributed by atoms with Crippen molar-refractivity contribution in [3.63, 3.8) is 0 Å². The van der Waals surface area contributed by atoms with Gasteiger partial charge in [0, 0.05) is 17.5 Å². The maximum Gasteiger partial charge on any atom is 1.00 e. The van der Waals surface area contributed by atoms with Crippen LogP contribution < -0.4 is 139 Å². The number of halogens is 1. The van der Waals surface area contributed by atoms with Crippen LogP contribution in [-0.2, 0) is 35.7 Å². The predicted molar refractivity (Wildman–Crippen MR) is 212 cm³/mol. The number of benzene rings is 2. The van der Waals surface area contributed by atoms with E-state index in [0.29, 0.717) is 48.8 Å². The minimum absolute atomic E-state index is 0. The second-order valence-corrected chi connectivity index (χ2v) is 13.7. The number of alkyl halides is 1. The molecule has 0 atom stereocenters. The molecule has 302 valence electrons. The molecule has 4 aromatic heterocycles. The minimum atomic E-state index is -0.531. The summed E-state index contributed by atoms with van der Waals surface area (Å²) in [6.45, 7) is 4.83. The van der Waals surface area contributed by atoms with Crippen molar-refractivity contribution in [2.24, 2.45) is 11.8 Å². The van der Waals surface area contributed by atoms with Gasteiger partial charge in [-0.25, -0.2) is 9.59 Å². The van der Waals surface area contributed by atoms with Crippen LogP contribution in [0.4, 0.5) is 0 Å². The molecule has 0 amide bonds. The number of rotatable bonds is 13. The summed E-state index contributed by atoms with van der Waals surface area (Å²) < 4.78 is 27.4.